The molecule has 0 saturated carbocycles. The summed E-state index contributed by atoms with van der Waals surface area (Å²) in [5.74, 6) is -0.983. The second kappa shape index (κ2) is 11.4. The molecule has 3 rings (SSSR count). The lowest BCUT2D eigenvalue weighted by atomic mass is 9.95. The number of amides is 2. The molecule has 0 spiro atoms. The molecule has 6 nitrogen and oxygen atoms in total. The van der Waals surface area contributed by atoms with Crippen molar-refractivity contribution in [3.63, 3.8) is 0 Å². The largest absolute Gasteiger partial charge is 0.434 e. The minimum Gasteiger partial charge on any atom is -0.434 e. The predicted octanol–water partition coefficient (Wildman–Crippen LogP) is 4.45. The Morgan fingerprint density at radius 1 is 1.21 bits per heavy atom. The normalized spacial score (nSPS) is 15.7. The van der Waals surface area contributed by atoms with Crippen molar-refractivity contribution in [2.75, 3.05) is 19.6 Å². The van der Waals surface area contributed by atoms with Crippen molar-refractivity contribution in [1.29, 1.82) is 5.26 Å². The van der Waals surface area contributed by atoms with E-state index in [4.69, 9.17) is 5.26 Å². The van der Waals surface area contributed by atoms with Crippen molar-refractivity contribution in [1.82, 2.24) is 9.80 Å². The molecule has 0 N–H and O–H groups in total. The maximum absolute atomic E-state index is 13.3. The van der Waals surface area contributed by atoms with Gasteiger partial charge in [0.1, 0.15) is 5.75 Å². The van der Waals surface area contributed by atoms with Gasteiger partial charge in [0.2, 0.25) is 5.91 Å². The third kappa shape index (κ3) is 6.28. The van der Waals surface area contributed by atoms with Gasteiger partial charge in [0.05, 0.1) is 23.1 Å². The van der Waals surface area contributed by atoms with Crippen LogP contribution >= 0.6 is 0 Å². The smallest absolute Gasteiger partial charge is 0.387 e. The minimum atomic E-state index is -3.03. The van der Waals surface area contributed by atoms with Crippen molar-refractivity contribution in [2.24, 2.45) is 5.92 Å². The number of nitrogens with zero attached hydrogens (tertiary/aromatic N) is 3. The number of rotatable bonds is 8. The molecule has 8 heteroatoms. The molecular formula is C25H27F2N3O3. The van der Waals surface area contributed by atoms with E-state index in [-0.39, 0.29) is 29.7 Å². The van der Waals surface area contributed by atoms with Crippen molar-refractivity contribution >= 4 is 11.8 Å². The fraction of sp³-hybridized carbons (Fsp3) is 0.400. The summed E-state index contributed by atoms with van der Waals surface area (Å²) < 4.78 is 30.0. The summed E-state index contributed by atoms with van der Waals surface area (Å²) in [7, 11) is 0. The Hall–Kier alpha value is -3.47. The summed E-state index contributed by atoms with van der Waals surface area (Å²) in [5, 5.41) is 8.97. The first-order chi connectivity index (χ1) is 15.9. The van der Waals surface area contributed by atoms with Crippen molar-refractivity contribution < 1.29 is 23.1 Å². The van der Waals surface area contributed by atoms with E-state index in [0.29, 0.717) is 38.0 Å². The summed E-state index contributed by atoms with van der Waals surface area (Å²) >= 11 is 0. The number of hydrogen-bond acceptors (Lipinski definition) is 4. The second-order valence-corrected chi connectivity index (χ2v) is 8.03. The molecule has 2 aromatic rings. The first kappa shape index (κ1) is 24.2. The summed E-state index contributed by atoms with van der Waals surface area (Å²) in [5.41, 5.74) is 1.55. The number of nitriles is 1. The molecule has 0 aliphatic carbocycles. The Morgan fingerprint density at radius 2 is 1.94 bits per heavy atom. The SMILES string of the molecule is CCCN(Cc1ccc(C#N)cc1)C(=O)C1CCCN(C(=O)c2ccccc2OC(F)F)C1. The van der Waals surface area contributed by atoms with Crippen LogP contribution in [0, 0.1) is 17.2 Å². The van der Waals surface area contributed by atoms with Crippen LogP contribution in [-0.2, 0) is 11.3 Å². The average molecular weight is 456 g/mol. The van der Waals surface area contributed by atoms with Gasteiger partial charge >= 0.3 is 6.61 Å². The van der Waals surface area contributed by atoms with Crippen molar-refractivity contribution in [2.45, 2.75) is 39.3 Å². The molecule has 174 valence electrons. The third-order valence-electron chi connectivity index (χ3n) is 5.65. The lowest BCUT2D eigenvalue weighted by Gasteiger charge is -2.35. The molecule has 0 bridgehead atoms. The lowest BCUT2D eigenvalue weighted by molar-refractivity contribution is -0.137. The van der Waals surface area contributed by atoms with E-state index in [1.807, 2.05) is 19.1 Å². The molecule has 1 aliphatic rings. The highest BCUT2D eigenvalue weighted by Crippen LogP contribution is 2.26. The molecule has 33 heavy (non-hydrogen) atoms. The molecule has 1 saturated heterocycles. The van der Waals surface area contributed by atoms with E-state index in [1.54, 1.807) is 28.0 Å². The predicted molar refractivity (Wildman–Crippen MR) is 119 cm³/mol. The first-order valence-electron chi connectivity index (χ1n) is 11.0. The van der Waals surface area contributed by atoms with Crippen LogP contribution in [0.2, 0.25) is 0 Å². The van der Waals surface area contributed by atoms with E-state index in [0.717, 1.165) is 12.0 Å². The Kier molecular flexibility index (Phi) is 8.36. The van der Waals surface area contributed by atoms with Gasteiger partial charge in [0.25, 0.3) is 5.91 Å². The number of benzene rings is 2. The van der Waals surface area contributed by atoms with Crippen molar-refractivity contribution in [3.05, 3.63) is 65.2 Å². The van der Waals surface area contributed by atoms with Crippen LogP contribution in [0.25, 0.3) is 0 Å². The standard InChI is InChI=1S/C25H27F2N3O3/c1-2-13-29(16-19-11-9-18(15-28)10-12-19)23(31)20-6-5-14-30(17-20)24(32)21-7-3-4-8-22(21)33-25(26)27/h3-4,7-12,20,25H,2,5-6,13-14,16-17H2,1H3. The van der Waals surface area contributed by atoms with E-state index >= 15 is 0 Å². The highest BCUT2D eigenvalue weighted by molar-refractivity contribution is 5.97. The van der Waals surface area contributed by atoms with Crippen LogP contribution in [0.5, 0.6) is 5.75 Å². The van der Waals surface area contributed by atoms with Gasteiger partial charge in [-0.15, -0.1) is 0 Å². The van der Waals surface area contributed by atoms with Gasteiger partial charge in [-0.25, -0.2) is 0 Å². The third-order valence-corrected chi connectivity index (χ3v) is 5.65. The van der Waals surface area contributed by atoms with Gasteiger partial charge < -0.3 is 14.5 Å². The zero-order chi connectivity index (χ0) is 23.8. The number of likely N-dealkylation sites (tertiary alicyclic amines) is 1. The summed E-state index contributed by atoms with van der Waals surface area (Å²) in [6.07, 6.45) is 2.10. The van der Waals surface area contributed by atoms with Crippen LogP contribution in [0.3, 0.4) is 0 Å². The van der Waals surface area contributed by atoms with Gasteiger partial charge in [-0.2, -0.15) is 14.0 Å². The monoisotopic (exact) mass is 455 g/mol. The maximum atomic E-state index is 13.3. The second-order valence-electron chi connectivity index (χ2n) is 8.03. The highest BCUT2D eigenvalue weighted by Gasteiger charge is 2.32. The summed E-state index contributed by atoms with van der Waals surface area (Å²) in [6, 6.07) is 15.1. The van der Waals surface area contributed by atoms with Crippen LogP contribution in [0.1, 0.15) is 47.7 Å². The molecule has 0 aromatic heterocycles. The topological polar surface area (TPSA) is 73.6 Å². The molecule has 1 atom stereocenters. The number of carbonyl (C=O) groups excluding carboxylic acids is 2. The Labute approximate surface area is 192 Å². The van der Waals surface area contributed by atoms with Crippen LogP contribution < -0.4 is 4.74 Å². The van der Waals surface area contributed by atoms with Gasteiger partial charge in [-0.3, -0.25) is 9.59 Å². The van der Waals surface area contributed by atoms with Crippen molar-refractivity contribution in [3.8, 4) is 11.8 Å². The number of alkyl halides is 2. The fourth-order valence-electron chi connectivity index (χ4n) is 4.08. The van der Waals surface area contributed by atoms with Gasteiger partial charge in [-0.1, -0.05) is 31.2 Å². The molecule has 2 amide bonds. The molecule has 1 unspecified atom stereocenters. The first-order valence-corrected chi connectivity index (χ1v) is 11.0. The van der Waals surface area contributed by atoms with E-state index in [9.17, 15) is 18.4 Å². The number of halogens is 2. The van der Waals surface area contributed by atoms with Crippen LogP contribution in [0.4, 0.5) is 8.78 Å². The zero-order valence-corrected chi connectivity index (χ0v) is 18.5. The number of piperidine rings is 1. The molecule has 2 aromatic carbocycles. The summed E-state index contributed by atoms with van der Waals surface area (Å²) in [4.78, 5) is 29.7. The Bertz CT molecular complexity index is 1000. The highest BCUT2D eigenvalue weighted by atomic mass is 19.3. The fourth-order valence-corrected chi connectivity index (χ4v) is 4.08. The summed E-state index contributed by atoms with van der Waals surface area (Å²) in [6.45, 7) is 0.653. The molecule has 1 heterocycles. The Balaban J connectivity index is 1.72. The van der Waals surface area contributed by atoms with E-state index < -0.39 is 12.5 Å². The number of hydrogen-bond donors (Lipinski definition) is 0. The molecule has 0 radical (unpaired) electrons. The number of para-hydroxylation sites is 1. The van der Waals surface area contributed by atoms with Crippen LogP contribution in [-0.4, -0.2) is 47.9 Å². The zero-order valence-electron chi connectivity index (χ0n) is 18.5. The number of carbonyl (C=O) groups is 2. The van der Waals surface area contributed by atoms with Gasteiger partial charge in [-0.05, 0) is 49.1 Å². The Morgan fingerprint density at radius 3 is 2.61 bits per heavy atom. The van der Waals surface area contributed by atoms with E-state index in [2.05, 4.69) is 10.8 Å². The maximum Gasteiger partial charge on any atom is 0.387 e. The lowest BCUT2D eigenvalue weighted by Crippen LogP contribution is -2.46. The average Bonchev–Trinajstić information content (AvgIpc) is 2.83. The minimum absolute atomic E-state index is 0.0316. The molecule has 1 fully saturated rings. The van der Waals surface area contributed by atoms with Gasteiger partial charge in [0.15, 0.2) is 0 Å². The quantitative estimate of drug-likeness (QED) is 0.590. The van der Waals surface area contributed by atoms with E-state index in [1.165, 1.54) is 18.2 Å². The molecular weight excluding hydrogens is 428 g/mol. The number of ether oxygens (including phenoxy) is 1. The van der Waals surface area contributed by atoms with Gasteiger partial charge in [0, 0.05) is 26.2 Å². The molecule has 1 aliphatic heterocycles. The van der Waals surface area contributed by atoms with Crippen LogP contribution in [0.15, 0.2) is 48.5 Å².